The van der Waals surface area contributed by atoms with Gasteiger partial charge in [0.05, 0.1) is 11.7 Å². The Morgan fingerprint density at radius 2 is 1.92 bits per heavy atom. The number of carbonyl (C=O) groups is 2. The molecule has 0 aromatic carbocycles. The molecule has 38 heavy (non-hydrogen) atoms. The summed E-state index contributed by atoms with van der Waals surface area (Å²) in [6, 6.07) is 0. The Morgan fingerprint density at radius 1 is 1.21 bits per heavy atom. The number of ether oxygens (including phenoxy) is 1. The van der Waals surface area contributed by atoms with E-state index in [1.807, 2.05) is 18.2 Å². The summed E-state index contributed by atoms with van der Waals surface area (Å²) in [5.41, 5.74) is 2.62. The highest BCUT2D eigenvalue weighted by atomic mass is 16.5. The van der Waals surface area contributed by atoms with Gasteiger partial charge in [0.15, 0.2) is 0 Å². The van der Waals surface area contributed by atoms with E-state index in [2.05, 4.69) is 26.5 Å². The molecule has 2 rings (SSSR count). The van der Waals surface area contributed by atoms with Crippen LogP contribution in [0, 0.1) is 17.3 Å². The molecule has 0 saturated heterocycles. The van der Waals surface area contributed by atoms with Crippen LogP contribution in [0.1, 0.15) is 86.0 Å². The van der Waals surface area contributed by atoms with Gasteiger partial charge in [-0.15, -0.1) is 0 Å². The molecule has 3 N–H and O–H groups in total. The van der Waals surface area contributed by atoms with Gasteiger partial charge in [-0.05, 0) is 96.1 Å². The molecule has 2 saturated carbocycles. The Hall–Kier alpha value is -2.28. The van der Waals surface area contributed by atoms with E-state index in [9.17, 15) is 24.9 Å². The minimum absolute atomic E-state index is 0.00155. The lowest BCUT2D eigenvalue weighted by atomic mass is 9.52. The van der Waals surface area contributed by atoms with Gasteiger partial charge >= 0.3 is 5.97 Å². The Morgan fingerprint density at radius 3 is 2.53 bits per heavy atom. The Balaban J connectivity index is 2.44. The van der Waals surface area contributed by atoms with Crippen molar-refractivity contribution in [3.8, 4) is 0 Å². The third-order valence-corrected chi connectivity index (χ3v) is 8.62. The summed E-state index contributed by atoms with van der Waals surface area (Å²) in [7, 11) is 0. The lowest BCUT2D eigenvalue weighted by Gasteiger charge is -2.55. The molecule has 2 aliphatic rings. The van der Waals surface area contributed by atoms with Crippen molar-refractivity contribution in [1.29, 1.82) is 0 Å². The number of aldehydes is 1. The first-order valence-corrected chi connectivity index (χ1v) is 13.9. The highest BCUT2D eigenvalue weighted by Gasteiger charge is 2.64. The molecule has 212 valence electrons. The van der Waals surface area contributed by atoms with Crippen LogP contribution in [0.4, 0.5) is 0 Å². The average molecular weight is 529 g/mol. The third-order valence-electron chi connectivity index (χ3n) is 8.62. The lowest BCUT2D eigenvalue weighted by molar-refractivity contribution is -0.168. The fourth-order valence-corrected chi connectivity index (χ4v) is 6.56. The monoisotopic (exact) mass is 528 g/mol. The van der Waals surface area contributed by atoms with Crippen LogP contribution in [0.5, 0.6) is 0 Å². The van der Waals surface area contributed by atoms with Crippen molar-refractivity contribution in [2.45, 2.75) is 97.7 Å². The zero-order valence-electron chi connectivity index (χ0n) is 24.0. The van der Waals surface area contributed by atoms with E-state index in [4.69, 9.17) is 4.74 Å². The molecule has 0 radical (unpaired) electrons. The fourth-order valence-electron chi connectivity index (χ4n) is 6.56. The predicted molar refractivity (Wildman–Crippen MR) is 151 cm³/mol. The van der Waals surface area contributed by atoms with Crippen LogP contribution < -0.4 is 0 Å². The molecule has 1 spiro atoms. The fraction of sp³-hybridized carbons (Fsp3) is 0.625. The van der Waals surface area contributed by atoms with Gasteiger partial charge in [0, 0.05) is 24.9 Å². The summed E-state index contributed by atoms with van der Waals surface area (Å²) in [5.74, 6) is -0.952. The summed E-state index contributed by atoms with van der Waals surface area (Å²) >= 11 is 0. The molecule has 0 aromatic rings. The second-order valence-corrected chi connectivity index (χ2v) is 11.5. The number of carbonyl (C=O) groups excluding carboxylic acids is 2. The maximum atomic E-state index is 12.0. The van der Waals surface area contributed by atoms with E-state index < -0.39 is 23.1 Å². The van der Waals surface area contributed by atoms with Crippen LogP contribution in [-0.4, -0.2) is 52.5 Å². The second kappa shape index (κ2) is 14.2. The highest BCUT2D eigenvalue weighted by molar-refractivity contribution is 5.74. The van der Waals surface area contributed by atoms with Crippen LogP contribution in [0.3, 0.4) is 0 Å². The first-order chi connectivity index (χ1) is 17.9. The normalized spacial score (nSPS) is 30.9. The number of aliphatic hydroxyl groups is 3. The molecule has 6 nitrogen and oxygen atoms in total. The maximum Gasteiger partial charge on any atom is 0.302 e. The molecule has 0 heterocycles. The molecule has 5 unspecified atom stereocenters. The summed E-state index contributed by atoms with van der Waals surface area (Å²) in [4.78, 5) is 23.4. The SMILES string of the molecule is C=C(C=CC=C(COC(C)=O)C1CCC2(C(CCCO)C(=C(C)C=O)CCC2(C)O)C1O)CCC=C(C)C. The molecule has 0 amide bonds. The zero-order valence-corrected chi connectivity index (χ0v) is 24.0. The second-order valence-electron chi connectivity index (χ2n) is 11.5. The van der Waals surface area contributed by atoms with Crippen molar-refractivity contribution >= 4 is 12.3 Å². The highest BCUT2D eigenvalue weighted by Crippen LogP contribution is 2.62. The van der Waals surface area contributed by atoms with E-state index >= 15 is 0 Å². The van der Waals surface area contributed by atoms with E-state index in [0.29, 0.717) is 44.1 Å². The molecule has 0 bridgehead atoms. The number of aliphatic hydroxyl groups excluding tert-OH is 2. The van der Waals surface area contributed by atoms with Crippen molar-refractivity contribution in [3.63, 3.8) is 0 Å². The first-order valence-electron chi connectivity index (χ1n) is 13.9. The van der Waals surface area contributed by atoms with Crippen LogP contribution in [0.25, 0.3) is 0 Å². The molecule has 2 aliphatic carbocycles. The van der Waals surface area contributed by atoms with Crippen molar-refractivity contribution in [2.24, 2.45) is 17.3 Å². The van der Waals surface area contributed by atoms with Gasteiger partial charge in [-0.25, -0.2) is 0 Å². The summed E-state index contributed by atoms with van der Waals surface area (Å²) < 4.78 is 5.38. The standard InChI is InChI=1S/C32H48O6/c1-22(2)10-7-11-23(3)12-8-13-26(21-38-25(5)35)28-16-18-32(30(28)36)29(14-9-19-33)27(24(4)20-34)15-17-31(32,6)37/h8,10,12-13,20,28-30,33,36-37H,3,7,9,11,14-19,21H2,1-2,4-6H3. The van der Waals surface area contributed by atoms with E-state index in [0.717, 1.165) is 35.8 Å². The van der Waals surface area contributed by atoms with Gasteiger partial charge in [0.25, 0.3) is 0 Å². The Labute approximate surface area is 228 Å². The minimum atomic E-state index is -1.16. The molecule has 0 aliphatic heterocycles. The summed E-state index contributed by atoms with van der Waals surface area (Å²) in [6.07, 6.45) is 12.9. The van der Waals surface area contributed by atoms with Gasteiger partial charge in [-0.1, -0.05) is 47.6 Å². The Bertz CT molecular complexity index is 978. The Kier molecular flexibility index (Phi) is 11.9. The molecular weight excluding hydrogens is 480 g/mol. The van der Waals surface area contributed by atoms with E-state index in [1.165, 1.54) is 12.5 Å². The van der Waals surface area contributed by atoms with Crippen LogP contribution in [0.15, 0.2) is 58.7 Å². The number of rotatable bonds is 12. The predicted octanol–water partition coefficient (Wildman–Crippen LogP) is 5.54. The van der Waals surface area contributed by atoms with Crippen molar-refractivity contribution in [2.75, 3.05) is 13.2 Å². The molecule has 5 atom stereocenters. The van der Waals surface area contributed by atoms with E-state index in [1.54, 1.807) is 13.8 Å². The van der Waals surface area contributed by atoms with Crippen molar-refractivity contribution in [1.82, 2.24) is 0 Å². The number of allylic oxidation sites excluding steroid dienone is 8. The number of hydrogen-bond acceptors (Lipinski definition) is 6. The summed E-state index contributed by atoms with van der Waals surface area (Å²) in [6.45, 7) is 13.3. The van der Waals surface area contributed by atoms with Crippen molar-refractivity contribution in [3.05, 3.63) is 58.7 Å². The van der Waals surface area contributed by atoms with Gasteiger partial charge < -0.3 is 20.1 Å². The molecule has 2 fully saturated rings. The van der Waals surface area contributed by atoms with Crippen LogP contribution >= 0.6 is 0 Å². The maximum absolute atomic E-state index is 12.0. The topological polar surface area (TPSA) is 104 Å². The quantitative estimate of drug-likeness (QED) is 0.101. The first kappa shape index (κ1) is 31.9. The molecule has 0 aromatic heterocycles. The summed E-state index contributed by atoms with van der Waals surface area (Å²) in [5, 5.41) is 33.4. The van der Waals surface area contributed by atoms with Gasteiger partial charge in [-0.2, -0.15) is 0 Å². The minimum Gasteiger partial charge on any atom is -0.461 e. The number of hydrogen-bond donors (Lipinski definition) is 3. The smallest absolute Gasteiger partial charge is 0.302 e. The van der Waals surface area contributed by atoms with Crippen LogP contribution in [0.2, 0.25) is 0 Å². The van der Waals surface area contributed by atoms with Gasteiger partial charge in [0.1, 0.15) is 12.9 Å². The molecule has 6 heteroatoms. The zero-order chi connectivity index (χ0) is 28.5. The van der Waals surface area contributed by atoms with Gasteiger partial charge in [-0.3, -0.25) is 9.59 Å². The van der Waals surface area contributed by atoms with Crippen LogP contribution in [-0.2, 0) is 14.3 Å². The molecular formula is C32H48O6. The number of esters is 1. The van der Waals surface area contributed by atoms with Crippen molar-refractivity contribution < 1.29 is 29.6 Å². The largest absolute Gasteiger partial charge is 0.461 e. The third kappa shape index (κ3) is 7.43. The average Bonchev–Trinajstić information content (AvgIpc) is 3.19. The van der Waals surface area contributed by atoms with E-state index in [-0.39, 0.29) is 25.0 Å². The lowest BCUT2D eigenvalue weighted by Crippen LogP contribution is -2.59. The van der Waals surface area contributed by atoms with Gasteiger partial charge in [0.2, 0.25) is 0 Å².